The van der Waals surface area contributed by atoms with Gasteiger partial charge in [0.25, 0.3) is 0 Å². The Hall–Kier alpha value is -2.40. The van der Waals surface area contributed by atoms with Crippen molar-refractivity contribution < 1.29 is 9.13 Å². The van der Waals surface area contributed by atoms with Crippen LogP contribution in [0.3, 0.4) is 0 Å². The van der Waals surface area contributed by atoms with Gasteiger partial charge in [0.15, 0.2) is 5.96 Å². The fraction of sp³-hybridized carbons (Fsp3) is 0.435. The van der Waals surface area contributed by atoms with E-state index < -0.39 is 0 Å². The summed E-state index contributed by atoms with van der Waals surface area (Å²) in [6, 6.07) is 17.0. The summed E-state index contributed by atoms with van der Waals surface area (Å²) in [6.07, 6.45) is 1.85. The molecule has 3 rings (SSSR count). The molecule has 5 heteroatoms. The lowest BCUT2D eigenvalue weighted by molar-refractivity contribution is 0.0907. The number of nitrogens with zero attached hydrogens (tertiary/aromatic N) is 2. The van der Waals surface area contributed by atoms with Gasteiger partial charge in [-0.2, -0.15) is 0 Å². The molecule has 1 N–H and O–H groups in total. The highest BCUT2D eigenvalue weighted by molar-refractivity contribution is 5.80. The number of benzene rings is 2. The Bertz CT molecular complexity index is 751. The van der Waals surface area contributed by atoms with E-state index in [1.54, 1.807) is 12.1 Å². The van der Waals surface area contributed by atoms with E-state index in [0.29, 0.717) is 19.1 Å². The van der Waals surface area contributed by atoms with Crippen molar-refractivity contribution in [3.05, 3.63) is 71.5 Å². The number of hydrogen-bond donors (Lipinski definition) is 1. The third kappa shape index (κ3) is 6.34. The van der Waals surface area contributed by atoms with Crippen molar-refractivity contribution in [2.45, 2.75) is 26.4 Å². The lowest BCUT2D eigenvalue weighted by Gasteiger charge is -2.21. The van der Waals surface area contributed by atoms with Gasteiger partial charge in [-0.3, -0.25) is 4.99 Å². The molecule has 2 aromatic carbocycles. The molecule has 0 amide bonds. The molecule has 1 unspecified atom stereocenters. The number of halogens is 1. The van der Waals surface area contributed by atoms with Crippen LogP contribution in [0.4, 0.5) is 4.39 Å². The van der Waals surface area contributed by atoms with E-state index in [2.05, 4.69) is 29.3 Å². The third-order valence-corrected chi connectivity index (χ3v) is 4.94. The molecular formula is C23H30FN3O. The molecule has 4 nitrogen and oxygen atoms in total. The van der Waals surface area contributed by atoms with E-state index in [4.69, 9.17) is 9.73 Å². The molecule has 0 radical (unpaired) electrons. The number of aliphatic imine (C=N–C) groups is 1. The van der Waals surface area contributed by atoms with Crippen LogP contribution in [0.2, 0.25) is 0 Å². The van der Waals surface area contributed by atoms with Gasteiger partial charge in [-0.1, -0.05) is 42.5 Å². The fourth-order valence-corrected chi connectivity index (χ4v) is 3.49. The SMILES string of the molecule is CCNC(=NCCc1cccc(F)c1)N1CCC(COCc2ccccc2)C1. The first-order valence-electron chi connectivity index (χ1n) is 10.1. The van der Waals surface area contributed by atoms with Crippen LogP contribution in [0, 0.1) is 11.7 Å². The van der Waals surface area contributed by atoms with Gasteiger partial charge in [0.1, 0.15) is 5.82 Å². The van der Waals surface area contributed by atoms with Gasteiger partial charge in [0.2, 0.25) is 0 Å². The normalized spacial score (nSPS) is 17.1. The monoisotopic (exact) mass is 383 g/mol. The summed E-state index contributed by atoms with van der Waals surface area (Å²) in [4.78, 5) is 7.06. The van der Waals surface area contributed by atoms with Crippen molar-refractivity contribution in [2.24, 2.45) is 10.9 Å². The highest BCUT2D eigenvalue weighted by Gasteiger charge is 2.24. The van der Waals surface area contributed by atoms with Crippen molar-refractivity contribution in [3.63, 3.8) is 0 Å². The zero-order chi connectivity index (χ0) is 19.6. The Morgan fingerprint density at radius 2 is 2.00 bits per heavy atom. The highest BCUT2D eigenvalue weighted by atomic mass is 19.1. The molecule has 1 saturated heterocycles. The molecule has 1 fully saturated rings. The maximum absolute atomic E-state index is 13.3. The van der Waals surface area contributed by atoms with Gasteiger partial charge < -0.3 is 15.0 Å². The van der Waals surface area contributed by atoms with Crippen LogP contribution in [0.15, 0.2) is 59.6 Å². The van der Waals surface area contributed by atoms with Crippen LogP contribution in [0.1, 0.15) is 24.5 Å². The summed E-state index contributed by atoms with van der Waals surface area (Å²) < 4.78 is 19.2. The summed E-state index contributed by atoms with van der Waals surface area (Å²) in [5.41, 5.74) is 2.19. The second kappa shape index (κ2) is 10.8. The van der Waals surface area contributed by atoms with Crippen molar-refractivity contribution in [1.29, 1.82) is 0 Å². The van der Waals surface area contributed by atoms with Crippen LogP contribution in [-0.2, 0) is 17.8 Å². The zero-order valence-electron chi connectivity index (χ0n) is 16.6. The first-order chi connectivity index (χ1) is 13.7. The molecule has 0 bridgehead atoms. The summed E-state index contributed by atoms with van der Waals surface area (Å²) in [5, 5.41) is 3.39. The van der Waals surface area contributed by atoms with Gasteiger partial charge in [-0.15, -0.1) is 0 Å². The second-order valence-electron chi connectivity index (χ2n) is 7.22. The third-order valence-electron chi connectivity index (χ3n) is 4.94. The Kier molecular flexibility index (Phi) is 7.85. The number of likely N-dealkylation sites (tertiary alicyclic amines) is 1. The fourth-order valence-electron chi connectivity index (χ4n) is 3.49. The molecule has 0 aliphatic carbocycles. The van der Waals surface area contributed by atoms with Crippen molar-refractivity contribution in [1.82, 2.24) is 10.2 Å². The minimum absolute atomic E-state index is 0.189. The van der Waals surface area contributed by atoms with Crippen LogP contribution in [0.25, 0.3) is 0 Å². The Morgan fingerprint density at radius 3 is 2.79 bits per heavy atom. The van der Waals surface area contributed by atoms with E-state index >= 15 is 0 Å². The van der Waals surface area contributed by atoms with E-state index in [-0.39, 0.29) is 5.82 Å². The van der Waals surface area contributed by atoms with Gasteiger partial charge in [0, 0.05) is 32.1 Å². The summed E-state index contributed by atoms with van der Waals surface area (Å²) in [6.45, 7) is 6.96. The van der Waals surface area contributed by atoms with E-state index in [9.17, 15) is 4.39 Å². The van der Waals surface area contributed by atoms with Crippen molar-refractivity contribution in [3.8, 4) is 0 Å². The molecule has 1 heterocycles. The Morgan fingerprint density at radius 1 is 1.18 bits per heavy atom. The molecule has 28 heavy (non-hydrogen) atoms. The zero-order valence-corrected chi connectivity index (χ0v) is 16.6. The largest absolute Gasteiger partial charge is 0.376 e. The first kappa shape index (κ1) is 20.3. The highest BCUT2D eigenvalue weighted by Crippen LogP contribution is 2.17. The molecule has 1 aliphatic rings. The van der Waals surface area contributed by atoms with Gasteiger partial charge in [-0.05, 0) is 43.0 Å². The maximum Gasteiger partial charge on any atom is 0.193 e. The Labute approximate surface area is 167 Å². The summed E-state index contributed by atoms with van der Waals surface area (Å²) in [7, 11) is 0. The smallest absolute Gasteiger partial charge is 0.193 e. The van der Waals surface area contributed by atoms with Crippen LogP contribution < -0.4 is 5.32 Å². The topological polar surface area (TPSA) is 36.9 Å². The first-order valence-corrected chi connectivity index (χ1v) is 10.1. The van der Waals surface area contributed by atoms with Crippen LogP contribution in [-0.4, -0.2) is 43.6 Å². The minimum atomic E-state index is -0.189. The lowest BCUT2D eigenvalue weighted by Crippen LogP contribution is -2.40. The van der Waals surface area contributed by atoms with Gasteiger partial charge >= 0.3 is 0 Å². The Balaban J connectivity index is 1.46. The molecule has 1 atom stereocenters. The lowest BCUT2D eigenvalue weighted by atomic mass is 10.1. The average molecular weight is 384 g/mol. The van der Waals surface area contributed by atoms with Gasteiger partial charge in [0.05, 0.1) is 13.2 Å². The van der Waals surface area contributed by atoms with E-state index in [1.807, 2.05) is 24.3 Å². The molecule has 150 valence electrons. The van der Waals surface area contributed by atoms with E-state index in [1.165, 1.54) is 11.6 Å². The number of ether oxygens (including phenoxy) is 1. The second-order valence-corrected chi connectivity index (χ2v) is 7.22. The standard InChI is InChI=1S/C23H30FN3O/c1-2-25-23(26-13-11-19-9-6-10-22(24)15-19)27-14-12-21(16-27)18-28-17-20-7-4-3-5-8-20/h3-10,15,21H,2,11-14,16-18H2,1H3,(H,25,26). The minimum Gasteiger partial charge on any atom is -0.376 e. The molecular weight excluding hydrogens is 353 g/mol. The average Bonchev–Trinajstić information content (AvgIpc) is 3.17. The summed E-state index contributed by atoms with van der Waals surface area (Å²) in [5.74, 6) is 1.28. The number of rotatable bonds is 8. The van der Waals surface area contributed by atoms with Gasteiger partial charge in [-0.25, -0.2) is 4.39 Å². The number of hydrogen-bond acceptors (Lipinski definition) is 2. The quantitative estimate of drug-likeness (QED) is 0.555. The van der Waals surface area contributed by atoms with Crippen molar-refractivity contribution >= 4 is 5.96 Å². The molecule has 0 aromatic heterocycles. The number of guanidine groups is 1. The molecule has 0 spiro atoms. The molecule has 2 aromatic rings. The molecule has 1 aliphatic heterocycles. The predicted octanol–water partition coefficient (Wildman–Crippen LogP) is 3.87. The van der Waals surface area contributed by atoms with Crippen LogP contribution in [0.5, 0.6) is 0 Å². The maximum atomic E-state index is 13.3. The summed E-state index contributed by atoms with van der Waals surface area (Å²) >= 11 is 0. The number of nitrogens with one attached hydrogen (secondary N) is 1. The van der Waals surface area contributed by atoms with Crippen LogP contribution >= 0.6 is 0 Å². The predicted molar refractivity (Wildman–Crippen MR) is 112 cm³/mol. The molecule has 0 saturated carbocycles. The van der Waals surface area contributed by atoms with E-state index in [0.717, 1.165) is 50.6 Å². The van der Waals surface area contributed by atoms with Crippen molar-refractivity contribution in [2.75, 3.05) is 32.8 Å².